The van der Waals surface area contributed by atoms with E-state index in [2.05, 4.69) is 12.2 Å². The van der Waals surface area contributed by atoms with Crippen LogP contribution >= 0.6 is 0 Å². The van der Waals surface area contributed by atoms with Crippen molar-refractivity contribution in [3.8, 4) is 0 Å². The molecule has 2 aliphatic heterocycles. The Hall–Kier alpha value is -1.30. The number of hydrogen-bond acceptors (Lipinski definition) is 3. The molecule has 3 amide bonds. The van der Waals surface area contributed by atoms with Crippen molar-refractivity contribution in [2.24, 2.45) is 5.41 Å². The van der Waals surface area contributed by atoms with Gasteiger partial charge in [-0.3, -0.25) is 4.79 Å². The molecule has 2 heterocycles. The molecular formula is C15H28N4O2. The van der Waals surface area contributed by atoms with Crippen molar-refractivity contribution in [1.29, 1.82) is 0 Å². The molecule has 0 bridgehead atoms. The van der Waals surface area contributed by atoms with E-state index in [1.54, 1.807) is 19.0 Å². The van der Waals surface area contributed by atoms with Gasteiger partial charge in [0.05, 0.1) is 5.41 Å². The molecule has 2 rings (SSSR count). The van der Waals surface area contributed by atoms with Crippen molar-refractivity contribution >= 4 is 11.9 Å². The smallest absolute Gasteiger partial charge is 0.319 e. The average Bonchev–Trinajstić information content (AvgIpc) is 2.54. The van der Waals surface area contributed by atoms with Crippen molar-refractivity contribution in [3.63, 3.8) is 0 Å². The minimum atomic E-state index is -0.230. The van der Waals surface area contributed by atoms with Gasteiger partial charge in [0.2, 0.25) is 5.91 Å². The third kappa shape index (κ3) is 3.31. The normalized spacial score (nSPS) is 26.6. The molecule has 1 atom stereocenters. The van der Waals surface area contributed by atoms with Gasteiger partial charge in [0.1, 0.15) is 0 Å². The lowest BCUT2D eigenvalue weighted by Crippen LogP contribution is -2.58. The Balaban J connectivity index is 1.95. The second-order valence-electron chi connectivity index (χ2n) is 6.37. The summed E-state index contributed by atoms with van der Waals surface area (Å²) in [4.78, 5) is 30.2. The molecule has 21 heavy (non-hydrogen) atoms. The first-order valence-corrected chi connectivity index (χ1v) is 7.96. The van der Waals surface area contributed by atoms with Gasteiger partial charge in [-0.15, -0.1) is 0 Å². The lowest BCUT2D eigenvalue weighted by molar-refractivity contribution is -0.145. The predicted molar refractivity (Wildman–Crippen MR) is 82.1 cm³/mol. The predicted octanol–water partition coefficient (Wildman–Crippen LogP) is 0.592. The van der Waals surface area contributed by atoms with Crippen LogP contribution in [-0.2, 0) is 4.79 Å². The van der Waals surface area contributed by atoms with Crippen molar-refractivity contribution in [1.82, 2.24) is 20.0 Å². The second kappa shape index (κ2) is 6.64. The first kappa shape index (κ1) is 16.1. The van der Waals surface area contributed by atoms with E-state index < -0.39 is 0 Å². The molecule has 0 radical (unpaired) electrons. The van der Waals surface area contributed by atoms with Crippen LogP contribution in [0.5, 0.6) is 0 Å². The molecule has 1 unspecified atom stereocenters. The van der Waals surface area contributed by atoms with Crippen LogP contribution in [0.2, 0.25) is 0 Å². The summed E-state index contributed by atoms with van der Waals surface area (Å²) in [5.74, 6) is 0.272. The number of amides is 3. The van der Waals surface area contributed by atoms with Gasteiger partial charge in [0.25, 0.3) is 0 Å². The van der Waals surface area contributed by atoms with Gasteiger partial charge >= 0.3 is 6.03 Å². The van der Waals surface area contributed by atoms with E-state index in [-0.39, 0.29) is 17.4 Å². The Morgan fingerprint density at radius 1 is 1.14 bits per heavy atom. The molecule has 6 nitrogen and oxygen atoms in total. The lowest BCUT2D eigenvalue weighted by Gasteiger charge is -2.43. The minimum absolute atomic E-state index is 0.0339. The van der Waals surface area contributed by atoms with E-state index >= 15 is 0 Å². The molecule has 0 aromatic rings. The Bertz CT molecular complexity index is 383. The van der Waals surface area contributed by atoms with Crippen molar-refractivity contribution in [2.75, 3.05) is 53.4 Å². The summed E-state index contributed by atoms with van der Waals surface area (Å²) in [7, 11) is 3.53. The Labute approximate surface area is 127 Å². The number of nitrogens with zero attached hydrogens (tertiary/aromatic N) is 3. The fraction of sp³-hybridized carbons (Fsp3) is 0.867. The summed E-state index contributed by atoms with van der Waals surface area (Å²) in [6.07, 6.45) is 2.93. The molecule has 6 heteroatoms. The van der Waals surface area contributed by atoms with E-state index in [1.807, 2.05) is 9.80 Å². The maximum absolute atomic E-state index is 12.9. The molecule has 2 fully saturated rings. The zero-order valence-corrected chi connectivity index (χ0v) is 13.5. The van der Waals surface area contributed by atoms with E-state index in [9.17, 15) is 9.59 Å². The van der Waals surface area contributed by atoms with Crippen LogP contribution in [0.4, 0.5) is 4.79 Å². The average molecular weight is 296 g/mol. The van der Waals surface area contributed by atoms with Gasteiger partial charge in [-0.25, -0.2) is 4.79 Å². The van der Waals surface area contributed by atoms with Crippen LogP contribution in [-0.4, -0.2) is 80.0 Å². The van der Waals surface area contributed by atoms with E-state index in [4.69, 9.17) is 0 Å². The van der Waals surface area contributed by atoms with E-state index in [1.165, 1.54) is 0 Å². The molecular weight excluding hydrogens is 268 g/mol. The molecule has 1 N–H and O–H groups in total. The number of carbonyl (C=O) groups excluding carboxylic acids is 2. The number of nitrogens with one attached hydrogen (secondary N) is 1. The van der Waals surface area contributed by atoms with E-state index in [0.29, 0.717) is 26.2 Å². The van der Waals surface area contributed by atoms with E-state index in [0.717, 1.165) is 32.4 Å². The zero-order chi connectivity index (χ0) is 15.5. The molecule has 0 aliphatic carbocycles. The van der Waals surface area contributed by atoms with Gasteiger partial charge in [0.15, 0.2) is 0 Å². The lowest BCUT2D eigenvalue weighted by atomic mass is 9.77. The number of hydrogen-bond donors (Lipinski definition) is 1. The fourth-order valence-corrected chi connectivity index (χ4v) is 3.32. The number of piperidine rings is 1. The quantitative estimate of drug-likeness (QED) is 0.811. The summed E-state index contributed by atoms with van der Waals surface area (Å²) in [6, 6.07) is 0.0339. The first-order chi connectivity index (χ1) is 10.00. The molecule has 0 spiro atoms. The van der Waals surface area contributed by atoms with Gasteiger partial charge in [-0.1, -0.05) is 6.92 Å². The third-order valence-corrected chi connectivity index (χ3v) is 4.82. The first-order valence-electron chi connectivity index (χ1n) is 7.96. The number of piperazine rings is 1. The number of rotatable bonds is 2. The Kier molecular flexibility index (Phi) is 5.08. The third-order valence-electron chi connectivity index (χ3n) is 4.82. The van der Waals surface area contributed by atoms with Crippen LogP contribution < -0.4 is 5.32 Å². The van der Waals surface area contributed by atoms with Gasteiger partial charge in [-0.05, 0) is 25.8 Å². The second-order valence-corrected chi connectivity index (χ2v) is 6.37. The maximum atomic E-state index is 12.9. The standard InChI is InChI=1S/C15H28N4O2/c1-4-15(6-5-7-16-12-15)13(20)18-8-10-19(11-9-18)14(21)17(2)3/h16H,4-12H2,1-3H3. The van der Waals surface area contributed by atoms with Crippen molar-refractivity contribution in [2.45, 2.75) is 26.2 Å². The summed E-state index contributed by atoms with van der Waals surface area (Å²) >= 11 is 0. The zero-order valence-electron chi connectivity index (χ0n) is 13.5. The largest absolute Gasteiger partial charge is 0.339 e. The highest BCUT2D eigenvalue weighted by atomic mass is 16.2. The molecule has 0 aromatic heterocycles. The molecule has 0 saturated carbocycles. The molecule has 2 saturated heterocycles. The molecule has 120 valence electrons. The Morgan fingerprint density at radius 3 is 2.24 bits per heavy atom. The van der Waals surface area contributed by atoms with Gasteiger partial charge < -0.3 is 20.0 Å². The SMILES string of the molecule is CCC1(C(=O)N2CCN(C(=O)N(C)C)CC2)CCCNC1. The van der Waals surface area contributed by atoms with Gasteiger partial charge in [0, 0.05) is 46.8 Å². The highest BCUT2D eigenvalue weighted by Crippen LogP contribution is 2.32. The van der Waals surface area contributed by atoms with Crippen LogP contribution in [0.15, 0.2) is 0 Å². The van der Waals surface area contributed by atoms with Crippen LogP contribution in [0.3, 0.4) is 0 Å². The van der Waals surface area contributed by atoms with Crippen LogP contribution in [0.1, 0.15) is 26.2 Å². The topological polar surface area (TPSA) is 55.9 Å². The van der Waals surface area contributed by atoms with Crippen LogP contribution in [0, 0.1) is 5.41 Å². The fourth-order valence-electron chi connectivity index (χ4n) is 3.32. The van der Waals surface area contributed by atoms with Crippen molar-refractivity contribution < 1.29 is 9.59 Å². The molecule has 2 aliphatic rings. The Morgan fingerprint density at radius 2 is 1.76 bits per heavy atom. The minimum Gasteiger partial charge on any atom is -0.339 e. The molecule has 0 aromatic carbocycles. The maximum Gasteiger partial charge on any atom is 0.319 e. The number of carbonyl (C=O) groups is 2. The summed E-state index contributed by atoms with van der Waals surface area (Å²) in [5, 5.41) is 3.37. The summed E-state index contributed by atoms with van der Waals surface area (Å²) in [6.45, 7) is 6.49. The van der Waals surface area contributed by atoms with Crippen molar-refractivity contribution in [3.05, 3.63) is 0 Å². The summed E-state index contributed by atoms with van der Waals surface area (Å²) in [5.41, 5.74) is -0.230. The van der Waals surface area contributed by atoms with Crippen LogP contribution in [0.25, 0.3) is 0 Å². The number of urea groups is 1. The highest BCUT2D eigenvalue weighted by Gasteiger charge is 2.41. The monoisotopic (exact) mass is 296 g/mol. The highest BCUT2D eigenvalue weighted by molar-refractivity contribution is 5.83. The summed E-state index contributed by atoms with van der Waals surface area (Å²) < 4.78 is 0. The van der Waals surface area contributed by atoms with Gasteiger partial charge in [-0.2, -0.15) is 0 Å².